The highest BCUT2D eigenvalue weighted by molar-refractivity contribution is 5.30. The third-order valence-corrected chi connectivity index (χ3v) is 3.07. The second kappa shape index (κ2) is 5.66. The van der Waals surface area contributed by atoms with Crippen molar-refractivity contribution in [2.45, 2.75) is 18.6 Å². The van der Waals surface area contributed by atoms with Gasteiger partial charge in [-0.25, -0.2) is 4.39 Å². The van der Waals surface area contributed by atoms with E-state index in [0.717, 1.165) is 17.7 Å². The Morgan fingerprint density at radius 2 is 2.00 bits per heavy atom. The second-order valence-corrected chi connectivity index (χ2v) is 4.41. The van der Waals surface area contributed by atoms with Gasteiger partial charge in [0, 0.05) is 6.04 Å². The van der Waals surface area contributed by atoms with Gasteiger partial charge in [-0.3, -0.25) is 0 Å². The number of hydrogen-bond donors (Lipinski definition) is 1. The molecule has 20 heavy (non-hydrogen) atoms. The highest BCUT2D eigenvalue weighted by atomic mass is 19.4. The Hall–Kier alpha value is -1.82. The van der Waals surface area contributed by atoms with Crippen molar-refractivity contribution < 1.29 is 22.0 Å². The van der Waals surface area contributed by atoms with Gasteiger partial charge >= 0.3 is 6.18 Å². The molecule has 0 saturated heterocycles. The van der Waals surface area contributed by atoms with Gasteiger partial charge in [-0.15, -0.1) is 0 Å². The molecule has 0 fully saturated rings. The Morgan fingerprint density at radius 1 is 1.25 bits per heavy atom. The first kappa shape index (κ1) is 14.6. The Bertz CT molecular complexity index is 563. The van der Waals surface area contributed by atoms with Crippen LogP contribution in [0.1, 0.15) is 22.7 Å². The molecule has 0 saturated carbocycles. The molecule has 0 spiro atoms. The third-order valence-electron chi connectivity index (χ3n) is 3.07. The first-order valence-corrected chi connectivity index (χ1v) is 5.97. The Morgan fingerprint density at radius 3 is 2.55 bits per heavy atom. The van der Waals surface area contributed by atoms with Gasteiger partial charge in [-0.1, -0.05) is 6.07 Å². The molecule has 1 N–H and O–H groups in total. The van der Waals surface area contributed by atoms with Crippen molar-refractivity contribution in [3.8, 4) is 0 Å². The Kier molecular flexibility index (Phi) is 4.13. The molecule has 0 aliphatic rings. The van der Waals surface area contributed by atoms with Crippen molar-refractivity contribution in [2.75, 3.05) is 7.05 Å². The van der Waals surface area contributed by atoms with Crippen LogP contribution < -0.4 is 5.32 Å². The fourth-order valence-corrected chi connectivity index (χ4v) is 2.01. The molecule has 1 heterocycles. The molecule has 108 valence electrons. The number of alkyl halides is 3. The summed E-state index contributed by atoms with van der Waals surface area (Å²) in [6.07, 6.45) is -1.23. The van der Waals surface area contributed by atoms with Gasteiger partial charge in [0.25, 0.3) is 0 Å². The number of nitrogens with one attached hydrogen (secondary N) is 1. The van der Waals surface area contributed by atoms with Crippen molar-refractivity contribution in [3.05, 3.63) is 59.3 Å². The number of likely N-dealkylation sites (N-methyl/N-ethyl adjacent to an activating group) is 1. The first-order chi connectivity index (χ1) is 9.41. The number of hydrogen-bond acceptors (Lipinski definition) is 2. The minimum Gasteiger partial charge on any atom is -0.472 e. The normalized spacial score (nSPS) is 13.4. The van der Waals surface area contributed by atoms with E-state index in [2.05, 4.69) is 5.32 Å². The highest BCUT2D eigenvalue weighted by Crippen LogP contribution is 2.33. The van der Waals surface area contributed by atoms with E-state index in [1.165, 1.54) is 18.6 Å². The number of rotatable bonds is 4. The lowest BCUT2D eigenvalue weighted by Gasteiger charge is -2.18. The Labute approximate surface area is 113 Å². The zero-order valence-corrected chi connectivity index (χ0v) is 10.7. The molecule has 0 aliphatic carbocycles. The number of halogens is 4. The summed E-state index contributed by atoms with van der Waals surface area (Å²) < 4.78 is 56.3. The summed E-state index contributed by atoms with van der Waals surface area (Å²) in [5.74, 6) is -1.26. The van der Waals surface area contributed by atoms with Crippen LogP contribution in [0.4, 0.5) is 17.6 Å². The predicted molar refractivity (Wildman–Crippen MR) is 65.6 cm³/mol. The lowest BCUT2D eigenvalue weighted by Crippen LogP contribution is -2.20. The molecule has 6 heteroatoms. The zero-order chi connectivity index (χ0) is 14.8. The maximum Gasteiger partial charge on any atom is 0.419 e. The molecule has 1 aromatic heterocycles. The average molecular weight is 287 g/mol. The van der Waals surface area contributed by atoms with E-state index in [0.29, 0.717) is 12.0 Å². The topological polar surface area (TPSA) is 25.2 Å². The van der Waals surface area contributed by atoms with Crippen molar-refractivity contribution >= 4 is 0 Å². The summed E-state index contributed by atoms with van der Waals surface area (Å²) in [7, 11) is 1.64. The largest absolute Gasteiger partial charge is 0.472 e. The van der Waals surface area contributed by atoms with Crippen molar-refractivity contribution in [2.24, 2.45) is 0 Å². The summed E-state index contributed by atoms with van der Waals surface area (Å²) in [4.78, 5) is 0. The minimum absolute atomic E-state index is 0.352. The summed E-state index contributed by atoms with van der Waals surface area (Å²) in [6, 6.07) is 4.42. The van der Waals surface area contributed by atoms with Gasteiger partial charge in [-0.05, 0) is 42.8 Å². The van der Waals surface area contributed by atoms with E-state index in [1.807, 2.05) is 0 Å². The summed E-state index contributed by atoms with van der Waals surface area (Å²) >= 11 is 0. The first-order valence-electron chi connectivity index (χ1n) is 5.97. The third kappa shape index (κ3) is 3.19. The fourth-order valence-electron chi connectivity index (χ4n) is 2.01. The van der Waals surface area contributed by atoms with E-state index in [4.69, 9.17) is 4.42 Å². The molecule has 0 aliphatic heterocycles. The minimum atomic E-state index is -4.70. The summed E-state index contributed by atoms with van der Waals surface area (Å²) in [5.41, 5.74) is -0.0212. The SMILES string of the molecule is CNC(Cc1ccoc1)c1ccc(F)c(C(F)(F)F)c1. The lowest BCUT2D eigenvalue weighted by atomic mass is 9.98. The predicted octanol–water partition coefficient (Wildman–Crippen LogP) is 3.94. The van der Waals surface area contributed by atoms with Crippen LogP contribution in [-0.2, 0) is 12.6 Å². The molecule has 2 rings (SSSR count). The highest BCUT2D eigenvalue weighted by Gasteiger charge is 2.34. The molecule has 1 unspecified atom stereocenters. The van der Waals surface area contributed by atoms with Crippen LogP contribution in [0.5, 0.6) is 0 Å². The van der Waals surface area contributed by atoms with Crippen LogP contribution >= 0.6 is 0 Å². The van der Waals surface area contributed by atoms with Crippen LogP contribution in [0.2, 0.25) is 0 Å². The van der Waals surface area contributed by atoms with E-state index in [-0.39, 0.29) is 6.04 Å². The quantitative estimate of drug-likeness (QED) is 0.862. The van der Waals surface area contributed by atoms with Crippen LogP contribution in [0.3, 0.4) is 0 Å². The fraction of sp³-hybridized carbons (Fsp3) is 0.286. The van der Waals surface area contributed by atoms with Crippen LogP contribution in [-0.4, -0.2) is 7.05 Å². The number of furan rings is 1. The van der Waals surface area contributed by atoms with Crippen molar-refractivity contribution in [3.63, 3.8) is 0 Å². The van der Waals surface area contributed by atoms with Gasteiger partial charge in [-0.2, -0.15) is 13.2 Å². The van der Waals surface area contributed by atoms with Gasteiger partial charge in [0.2, 0.25) is 0 Å². The molecule has 2 aromatic rings. The van der Waals surface area contributed by atoms with Gasteiger partial charge in [0.1, 0.15) is 5.82 Å². The smallest absolute Gasteiger partial charge is 0.419 e. The van der Waals surface area contributed by atoms with Crippen molar-refractivity contribution in [1.29, 1.82) is 0 Å². The molecule has 1 aromatic carbocycles. The van der Waals surface area contributed by atoms with Crippen molar-refractivity contribution in [1.82, 2.24) is 5.32 Å². The van der Waals surface area contributed by atoms with E-state index in [9.17, 15) is 17.6 Å². The molecule has 0 radical (unpaired) electrons. The molecule has 0 amide bonds. The monoisotopic (exact) mass is 287 g/mol. The average Bonchev–Trinajstić information content (AvgIpc) is 2.88. The molecular formula is C14H13F4NO. The van der Waals surface area contributed by atoms with Gasteiger partial charge in [0.15, 0.2) is 0 Å². The maximum absolute atomic E-state index is 13.3. The standard InChI is InChI=1S/C14H13F4NO/c1-19-13(6-9-4-5-20-8-9)10-2-3-12(15)11(7-10)14(16,17)18/h2-5,7-8,13,19H,6H2,1H3. The molecule has 0 bridgehead atoms. The molecule has 1 atom stereocenters. The zero-order valence-electron chi connectivity index (χ0n) is 10.7. The van der Waals surface area contributed by atoms with E-state index in [1.54, 1.807) is 13.1 Å². The van der Waals surface area contributed by atoms with E-state index >= 15 is 0 Å². The molecule has 2 nitrogen and oxygen atoms in total. The van der Waals surface area contributed by atoms with Crippen LogP contribution in [0.15, 0.2) is 41.2 Å². The van der Waals surface area contributed by atoms with Gasteiger partial charge in [0.05, 0.1) is 18.1 Å². The maximum atomic E-state index is 13.3. The van der Waals surface area contributed by atoms with Crippen LogP contribution in [0, 0.1) is 5.82 Å². The Balaban J connectivity index is 2.30. The molecular weight excluding hydrogens is 274 g/mol. The summed E-state index contributed by atoms with van der Waals surface area (Å²) in [6.45, 7) is 0. The number of benzene rings is 1. The van der Waals surface area contributed by atoms with Crippen LogP contribution in [0.25, 0.3) is 0 Å². The summed E-state index contributed by atoms with van der Waals surface area (Å²) in [5, 5.41) is 2.92. The van der Waals surface area contributed by atoms with E-state index < -0.39 is 17.6 Å². The lowest BCUT2D eigenvalue weighted by molar-refractivity contribution is -0.140. The second-order valence-electron chi connectivity index (χ2n) is 4.41. The van der Waals surface area contributed by atoms with Gasteiger partial charge < -0.3 is 9.73 Å².